The van der Waals surface area contributed by atoms with Crippen LogP contribution in [-0.4, -0.2) is 14.5 Å². The van der Waals surface area contributed by atoms with Gasteiger partial charge in [-0.2, -0.15) is 0 Å². The van der Waals surface area contributed by atoms with Crippen LogP contribution in [0.5, 0.6) is 0 Å². The highest BCUT2D eigenvalue weighted by molar-refractivity contribution is 6.12. The van der Waals surface area contributed by atoms with Gasteiger partial charge in [-0.25, -0.2) is 9.97 Å². The molecule has 3 heteroatoms. The van der Waals surface area contributed by atoms with E-state index >= 15 is 0 Å². The lowest BCUT2D eigenvalue weighted by Crippen LogP contribution is -2.25. The summed E-state index contributed by atoms with van der Waals surface area (Å²) in [6, 6.07) is 59.3. The highest BCUT2D eigenvalue weighted by atomic mass is 15.1. The fourth-order valence-electron chi connectivity index (χ4n) is 8.72. The fourth-order valence-corrected chi connectivity index (χ4v) is 8.72. The van der Waals surface area contributed by atoms with E-state index in [9.17, 15) is 0 Å². The summed E-state index contributed by atoms with van der Waals surface area (Å²) in [5.74, 6) is 0.837. The molecule has 0 atom stereocenters. The molecule has 0 N–H and O–H groups in total. The van der Waals surface area contributed by atoms with E-state index in [0.29, 0.717) is 0 Å². The number of hydrogen-bond donors (Lipinski definition) is 0. The Morgan fingerprint density at radius 1 is 0.396 bits per heavy atom. The zero-order valence-electron chi connectivity index (χ0n) is 25.9. The summed E-state index contributed by atoms with van der Waals surface area (Å²) in [4.78, 5) is 10.6. The molecular weight excluding hydrogens is 583 g/mol. The van der Waals surface area contributed by atoms with Gasteiger partial charge in [0, 0.05) is 16.3 Å². The molecule has 3 nitrogen and oxygen atoms in total. The van der Waals surface area contributed by atoms with Gasteiger partial charge in [-0.15, -0.1) is 0 Å². The highest BCUT2D eigenvalue weighted by Gasteiger charge is 2.51. The van der Waals surface area contributed by atoms with Gasteiger partial charge in [0.25, 0.3) is 0 Å². The van der Waals surface area contributed by atoms with E-state index in [1.54, 1.807) is 0 Å². The lowest BCUT2D eigenvalue weighted by atomic mass is 9.70. The standard InChI is InChI=1S/C45H27N3/c1-2-14-28(15-3-1)43-44(47-40-24-12-11-23-39(40)46-43)48-41-25-13-7-19-32(41)34-26-38-33(27-42(34)48)31-18-6-10-22-37(31)45(38)35-20-8-4-16-29(35)30-17-5-9-21-36(30)45/h1-27H. The number of aromatic nitrogens is 3. The Kier molecular flexibility index (Phi) is 5.04. The summed E-state index contributed by atoms with van der Waals surface area (Å²) in [6.45, 7) is 0. The average molecular weight is 610 g/mol. The SMILES string of the molecule is c1ccc(-c2nc3ccccc3nc2-n2c3ccccc3c3cc4c(cc32)-c2ccccc2C42c3ccccc3-c3ccccc32)cc1. The van der Waals surface area contributed by atoms with Gasteiger partial charge in [-0.1, -0.05) is 133 Å². The van der Waals surface area contributed by atoms with Gasteiger partial charge in [0.1, 0.15) is 5.69 Å². The molecule has 0 saturated heterocycles. The van der Waals surface area contributed by atoms with Crippen LogP contribution in [0.15, 0.2) is 164 Å². The molecule has 2 aromatic heterocycles. The first-order valence-electron chi connectivity index (χ1n) is 16.5. The highest BCUT2D eigenvalue weighted by Crippen LogP contribution is 2.63. The third-order valence-corrected chi connectivity index (χ3v) is 10.6. The van der Waals surface area contributed by atoms with Gasteiger partial charge < -0.3 is 0 Å². The molecule has 11 rings (SSSR count). The molecule has 9 aromatic rings. The molecule has 0 radical (unpaired) electrons. The minimum absolute atomic E-state index is 0.394. The molecule has 0 fully saturated rings. The molecular formula is C45H27N3. The number of benzene rings is 7. The molecule has 0 bridgehead atoms. The molecule has 48 heavy (non-hydrogen) atoms. The summed E-state index contributed by atoms with van der Waals surface area (Å²) in [5.41, 5.74) is 16.1. The Balaban J connectivity index is 1.30. The van der Waals surface area contributed by atoms with Crippen molar-refractivity contribution in [2.75, 3.05) is 0 Å². The van der Waals surface area contributed by atoms with E-state index in [0.717, 1.165) is 39.1 Å². The van der Waals surface area contributed by atoms with Crippen molar-refractivity contribution in [1.82, 2.24) is 14.5 Å². The first-order chi connectivity index (χ1) is 23.8. The van der Waals surface area contributed by atoms with Gasteiger partial charge >= 0.3 is 0 Å². The largest absolute Gasteiger partial charge is 0.292 e. The zero-order chi connectivity index (χ0) is 31.4. The van der Waals surface area contributed by atoms with Crippen molar-refractivity contribution in [2.45, 2.75) is 5.41 Å². The Hall–Kier alpha value is -6.32. The lowest BCUT2D eigenvalue weighted by Gasteiger charge is -2.30. The molecule has 7 aromatic carbocycles. The van der Waals surface area contributed by atoms with Crippen LogP contribution < -0.4 is 0 Å². The van der Waals surface area contributed by atoms with Crippen LogP contribution in [0.2, 0.25) is 0 Å². The topological polar surface area (TPSA) is 30.7 Å². The number of para-hydroxylation sites is 3. The second-order valence-corrected chi connectivity index (χ2v) is 12.9. The minimum atomic E-state index is -0.394. The van der Waals surface area contributed by atoms with E-state index in [1.807, 2.05) is 24.3 Å². The van der Waals surface area contributed by atoms with Crippen molar-refractivity contribution >= 4 is 32.8 Å². The van der Waals surface area contributed by atoms with Gasteiger partial charge in [0.2, 0.25) is 0 Å². The Labute approximate surface area is 277 Å². The molecule has 0 unspecified atom stereocenters. The van der Waals surface area contributed by atoms with Gasteiger partial charge in [0.15, 0.2) is 5.82 Å². The quantitative estimate of drug-likeness (QED) is 0.195. The third-order valence-electron chi connectivity index (χ3n) is 10.6. The number of hydrogen-bond acceptors (Lipinski definition) is 2. The smallest absolute Gasteiger partial charge is 0.165 e. The lowest BCUT2D eigenvalue weighted by molar-refractivity contribution is 0.795. The molecule has 2 heterocycles. The molecule has 1 spiro atoms. The van der Waals surface area contributed by atoms with E-state index in [4.69, 9.17) is 9.97 Å². The van der Waals surface area contributed by atoms with Crippen LogP contribution in [0.1, 0.15) is 22.3 Å². The third kappa shape index (κ3) is 3.18. The maximum absolute atomic E-state index is 5.36. The van der Waals surface area contributed by atoms with Crippen molar-refractivity contribution < 1.29 is 0 Å². The first kappa shape index (κ1) is 25.8. The van der Waals surface area contributed by atoms with Gasteiger partial charge in [-0.3, -0.25) is 4.57 Å². The molecule has 2 aliphatic rings. The first-order valence-corrected chi connectivity index (χ1v) is 16.5. The summed E-state index contributed by atoms with van der Waals surface area (Å²) < 4.78 is 2.34. The van der Waals surface area contributed by atoms with E-state index in [-0.39, 0.29) is 0 Å². The monoisotopic (exact) mass is 609 g/mol. The fraction of sp³-hybridized carbons (Fsp3) is 0.0222. The second-order valence-electron chi connectivity index (χ2n) is 12.9. The van der Waals surface area contributed by atoms with Crippen LogP contribution >= 0.6 is 0 Å². The molecule has 0 saturated carbocycles. The van der Waals surface area contributed by atoms with Crippen molar-refractivity contribution in [3.8, 4) is 39.3 Å². The van der Waals surface area contributed by atoms with Crippen molar-refractivity contribution in [3.05, 3.63) is 186 Å². The summed E-state index contributed by atoms with van der Waals surface area (Å²) in [6.07, 6.45) is 0. The van der Waals surface area contributed by atoms with Crippen LogP contribution in [0.25, 0.3) is 72.2 Å². The van der Waals surface area contributed by atoms with Crippen molar-refractivity contribution in [2.24, 2.45) is 0 Å². The molecule has 2 aliphatic carbocycles. The van der Waals surface area contributed by atoms with E-state index in [2.05, 4.69) is 144 Å². The Morgan fingerprint density at radius 2 is 0.938 bits per heavy atom. The normalized spacial score (nSPS) is 13.6. The predicted octanol–water partition coefficient (Wildman–Crippen LogP) is 10.7. The second kappa shape index (κ2) is 9.37. The maximum Gasteiger partial charge on any atom is 0.165 e. The van der Waals surface area contributed by atoms with Gasteiger partial charge in [-0.05, 0) is 74.8 Å². The summed E-state index contributed by atoms with van der Waals surface area (Å²) in [5, 5.41) is 2.42. The van der Waals surface area contributed by atoms with Crippen LogP contribution in [0.3, 0.4) is 0 Å². The number of nitrogens with zero attached hydrogens (tertiary/aromatic N) is 3. The average Bonchev–Trinajstić information content (AvgIpc) is 3.75. The molecule has 0 aliphatic heterocycles. The zero-order valence-corrected chi connectivity index (χ0v) is 25.9. The van der Waals surface area contributed by atoms with Crippen LogP contribution in [0, 0.1) is 0 Å². The molecule has 0 amide bonds. The minimum Gasteiger partial charge on any atom is -0.292 e. The Bertz CT molecular complexity index is 2740. The van der Waals surface area contributed by atoms with Crippen molar-refractivity contribution in [1.29, 1.82) is 0 Å². The van der Waals surface area contributed by atoms with Crippen LogP contribution in [-0.2, 0) is 5.41 Å². The van der Waals surface area contributed by atoms with E-state index in [1.165, 1.54) is 55.3 Å². The molecule has 222 valence electrons. The number of rotatable bonds is 2. The van der Waals surface area contributed by atoms with Crippen LogP contribution in [0.4, 0.5) is 0 Å². The summed E-state index contributed by atoms with van der Waals surface area (Å²) in [7, 11) is 0. The Morgan fingerprint density at radius 3 is 1.62 bits per heavy atom. The predicted molar refractivity (Wildman–Crippen MR) is 196 cm³/mol. The number of fused-ring (bicyclic) bond motifs is 14. The van der Waals surface area contributed by atoms with Crippen molar-refractivity contribution in [3.63, 3.8) is 0 Å². The van der Waals surface area contributed by atoms with Gasteiger partial charge in [0.05, 0.1) is 27.5 Å². The summed E-state index contributed by atoms with van der Waals surface area (Å²) >= 11 is 0. The van der Waals surface area contributed by atoms with E-state index < -0.39 is 5.41 Å². The maximum atomic E-state index is 5.36.